The Kier molecular flexibility index (Phi) is 6.70. The third kappa shape index (κ3) is 7.93. The van der Waals surface area contributed by atoms with Gasteiger partial charge in [-0.3, -0.25) is 9.59 Å². The summed E-state index contributed by atoms with van der Waals surface area (Å²) in [7, 11) is 0. The quantitative estimate of drug-likeness (QED) is 0.545. The molecule has 0 aromatic rings. The van der Waals surface area contributed by atoms with Crippen molar-refractivity contribution in [2.75, 3.05) is 6.54 Å². The first kappa shape index (κ1) is 13.9. The average Bonchev–Trinajstić information content (AvgIpc) is 2.14. The highest BCUT2D eigenvalue weighted by atomic mass is 16.4. The van der Waals surface area contributed by atoms with E-state index in [2.05, 4.69) is 5.32 Å². The number of carbonyl (C=O) groups is 2. The Morgan fingerprint density at radius 3 is 2.40 bits per heavy atom. The van der Waals surface area contributed by atoms with Crippen molar-refractivity contribution in [2.24, 2.45) is 11.7 Å². The highest BCUT2D eigenvalue weighted by Gasteiger charge is 2.09. The van der Waals surface area contributed by atoms with Crippen LogP contribution in [0.2, 0.25) is 0 Å². The Hall–Kier alpha value is -1.10. The zero-order chi connectivity index (χ0) is 11.8. The second-order valence-corrected chi connectivity index (χ2v) is 3.90. The lowest BCUT2D eigenvalue weighted by molar-refractivity contribution is -0.137. The van der Waals surface area contributed by atoms with Gasteiger partial charge in [-0.25, -0.2) is 0 Å². The molecule has 0 heterocycles. The van der Waals surface area contributed by atoms with E-state index in [-0.39, 0.29) is 18.4 Å². The summed E-state index contributed by atoms with van der Waals surface area (Å²) in [6.07, 6.45) is 1.72. The number of hydrogen-bond donors (Lipinski definition) is 3. The normalized spacial score (nSPS) is 14.5. The molecule has 0 fully saturated rings. The van der Waals surface area contributed by atoms with Gasteiger partial charge in [0.2, 0.25) is 5.91 Å². The van der Waals surface area contributed by atoms with Crippen molar-refractivity contribution >= 4 is 11.9 Å². The monoisotopic (exact) mass is 216 g/mol. The third-order valence-electron chi connectivity index (χ3n) is 2.37. The summed E-state index contributed by atoms with van der Waals surface area (Å²) in [6.45, 7) is 4.40. The lowest BCUT2D eigenvalue weighted by Crippen LogP contribution is -2.39. The van der Waals surface area contributed by atoms with Crippen molar-refractivity contribution in [3.63, 3.8) is 0 Å². The minimum atomic E-state index is -0.764. The minimum absolute atomic E-state index is 0.201. The van der Waals surface area contributed by atoms with Gasteiger partial charge in [0, 0.05) is 6.42 Å². The van der Waals surface area contributed by atoms with Gasteiger partial charge in [-0.1, -0.05) is 6.92 Å². The molecule has 88 valence electrons. The molecule has 0 aliphatic heterocycles. The van der Waals surface area contributed by atoms with Crippen molar-refractivity contribution in [3.8, 4) is 0 Å². The fourth-order valence-electron chi connectivity index (χ4n) is 1.16. The molecule has 0 aliphatic rings. The van der Waals surface area contributed by atoms with E-state index >= 15 is 0 Å². The summed E-state index contributed by atoms with van der Waals surface area (Å²) in [5.74, 6) is -0.790. The fraction of sp³-hybridized carbons (Fsp3) is 0.800. The average molecular weight is 216 g/mol. The molecule has 15 heavy (non-hydrogen) atoms. The zero-order valence-corrected chi connectivity index (χ0v) is 9.32. The Morgan fingerprint density at radius 1 is 1.33 bits per heavy atom. The fourth-order valence-corrected chi connectivity index (χ4v) is 1.16. The number of rotatable bonds is 8. The summed E-state index contributed by atoms with van der Waals surface area (Å²) in [6, 6.07) is -0.323. The van der Waals surface area contributed by atoms with Crippen molar-refractivity contribution in [1.29, 1.82) is 0 Å². The summed E-state index contributed by atoms with van der Waals surface area (Å²) < 4.78 is 0. The van der Waals surface area contributed by atoms with Crippen molar-refractivity contribution in [3.05, 3.63) is 0 Å². The highest BCUT2D eigenvalue weighted by molar-refractivity contribution is 5.79. The predicted octanol–water partition coefficient (Wildman–Crippen LogP) is 0.341. The zero-order valence-electron chi connectivity index (χ0n) is 9.32. The molecule has 0 bridgehead atoms. The molecular formula is C10H20N2O3. The lowest BCUT2D eigenvalue weighted by Gasteiger charge is -2.13. The maximum atomic E-state index is 10.7. The number of carboxylic acid groups (broad SMARTS) is 1. The van der Waals surface area contributed by atoms with Crippen LogP contribution in [0.3, 0.4) is 0 Å². The van der Waals surface area contributed by atoms with Gasteiger partial charge >= 0.3 is 5.97 Å². The third-order valence-corrected chi connectivity index (χ3v) is 2.37. The predicted molar refractivity (Wildman–Crippen MR) is 57.3 cm³/mol. The number of amides is 1. The summed E-state index contributed by atoms with van der Waals surface area (Å²) in [4.78, 5) is 21.0. The van der Waals surface area contributed by atoms with Crippen LogP contribution in [0.5, 0.6) is 0 Å². The molecule has 0 aliphatic carbocycles. The molecule has 0 rings (SSSR count). The largest absolute Gasteiger partial charge is 0.481 e. The molecule has 5 heteroatoms. The Bertz CT molecular complexity index is 219. The van der Waals surface area contributed by atoms with E-state index in [0.29, 0.717) is 18.9 Å². The molecule has 2 unspecified atom stereocenters. The molecule has 0 aromatic carbocycles. The van der Waals surface area contributed by atoms with E-state index < -0.39 is 5.97 Å². The van der Waals surface area contributed by atoms with Crippen LogP contribution in [-0.4, -0.2) is 29.6 Å². The summed E-state index contributed by atoms with van der Waals surface area (Å²) >= 11 is 0. The molecule has 0 saturated carbocycles. The second-order valence-electron chi connectivity index (χ2n) is 3.90. The SMILES string of the molecule is CC(CCNC(C)C(N)=O)CCC(=O)O. The number of nitrogens with two attached hydrogens (primary N) is 1. The van der Waals surface area contributed by atoms with E-state index in [9.17, 15) is 9.59 Å². The van der Waals surface area contributed by atoms with E-state index in [0.717, 1.165) is 6.42 Å². The Balaban J connectivity index is 3.50. The second kappa shape index (κ2) is 7.23. The van der Waals surface area contributed by atoms with Crippen LogP contribution >= 0.6 is 0 Å². The lowest BCUT2D eigenvalue weighted by atomic mass is 10.0. The van der Waals surface area contributed by atoms with Gasteiger partial charge in [0.25, 0.3) is 0 Å². The van der Waals surface area contributed by atoms with Crippen LogP contribution in [0.4, 0.5) is 0 Å². The number of carbonyl (C=O) groups excluding carboxylic acids is 1. The maximum absolute atomic E-state index is 10.7. The van der Waals surface area contributed by atoms with Gasteiger partial charge in [0.1, 0.15) is 0 Å². The molecule has 2 atom stereocenters. The standard InChI is InChI=1S/C10H20N2O3/c1-7(3-4-9(13)14)5-6-12-8(2)10(11)15/h7-8,12H,3-6H2,1-2H3,(H2,11,15)(H,13,14). The van der Waals surface area contributed by atoms with E-state index in [1.54, 1.807) is 6.92 Å². The number of hydrogen-bond acceptors (Lipinski definition) is 3. The van der Waals surface area contributed by atoms with Crippen LogP contribution < -0.4 is 11.1 Å². The Morgan fingerprint density at radius 2 is 1.93 bits per heavy atom. The number of carboxylic acids is 1. The van der Waals surface area contributed by atoms with E-state index in [1.807, 2.05) is 6.92 Å². The molecule has 0 spiro atoms. The number of nitrogens with one attached hydrogen (secondary N) is 1. The van der Waals surface area contributed by atoms with Gasteiger partial charge in [0.05, 0.1) is 6.04 Å². The van der Waals surface area contributed by atoms with Gasteiger partial charge < -0.3 is 16.2 Å². The van der Waals surface area contributed by atoms with Crippen LogP contribution in [0, 0.1) is 5.92 Å². The van der Waals surface area contributed by atoms with Crippen molar-refractivity contribution < 1.29 is 14.7 Å². The van der Waals surface area contributed by atoms with Crippen molar-refractivity contribution in [2.45, 2.75) is 39.2 Å². The first-order valence-electron chi connectivity index (χ1n) is 5.18. The van der Waals surface area contributed by atoms with Gasteiger partial charge in [-0.15, -0.1) is 0 Å². The van der Waals surface area contributed by atoms with Gasteiger partial charge in [-0.05, 0) is 32.2 Å². The van der Waals surface area contributed by atoms with Crippen LogP contribution in [0.25, 0.3) is 0 Å². The molecule has 0 radical (unpaired) electrons. The van der Waals surface area contributed by atoms with Crippen molar-refractivity contribution in [1.82, 2.24) is 5.32 Å². The molecule has 0 saturated heterocycles. The van der Waals surface area contributed by atoms with Gasteiger partial charge in [0.15, 0.2) is 0 Å². The number of aliphatic carboxylic acids is 1. The minimum Gasteiger partial charge on any atom is -0.481 e. The first-order chi connectivity index (χ1) is 6.93. The van der Waals surface area contributed by atoms with E-state index in [4.69, 9.17) is 10.8 Å². The van der Waals surface area contributed by atoms with Crippen LogP contribution in [-0.2, 0) is 9.59 Å². The topological polar surface area (TPSA) is 92.4 Å². The Labute approximate surface area is 90.0 Å². The van der Waals surface area contributed by atoms with Crippen LogP contribution in [0.1, 0.15) is 33.1 Å². The smallest absolute Gasteiger partial charge is 0.303 e. The summed E-state index contributed by atoms with van der Waals surface area (Å²) in [5, 5.41) is 11.5. The van der Waals surface area contributed by atoms with Crippen LogP contribution in [0.15, 0.2) is 0 Å². The maximum Gasteiger partial charge on any atom is 0.303 e. The molecule has 5 nitrogen and oxygen atoms in total. The molecule has 0 aromatic heterocycles. The highest BCUT2D eigenvalue weighted by Crippen LogP contribution is 2.09. The summed E-state index contributed by atoms with van der Waals surface area (Å²) in [5.41, 5.74) is 5.07. The molecule has 4 N–H and O–H groups in total. The molecule has 1 amide bonds. The van der Waals surface area contributed by atoms with Gasteiger partial charge in [-0.2, -0.15) is 0 Å². The van der Waals surface area contributed by atoms with E-state index in [1.165, 1.54) is 0 Å². The molecular weight excluding hydrogens is 196 g/mol. The first-order valence-corrected chi connectivity index (χ1v) is 5.18. The number of primary amides is 1.